The zero-order valence-electron chi connectivity index (χ0n) is 13.8. The average Bonchev–Trinajstić information content (AvgIpc) is 3.23. The molecule has 0 aliphatic heterocycles. The zero-order valence-corrected chi connectivity index (χ0v) is 13.8. The third-order valence-corrected chi connectivity index (χ3v) is 5.34. The van der Waals surface area contributed by atoms with E-state index in [-0.39, 0.29) is 24.1 Å². The van der Waals surface area contributed by atoms with Crippen molar-refractivity contribution in [2.45, 2.75) is 51.0 Å². The molecule has 2 amide bonds. The number of fused-ring (bicyclic) bond motifs is 1. The monoisotopic (exact) mass is 329 g/mol. The second-order valence-corrected chi connectivity index (χ2v) is 7.36. The number of hydrogen-bond acceptors (Lipinski definition) is 4. The lowest BCUT2D eigenvalue weighted by atomic mass is 9.86. The number of hydrogen-bond donors (Lipinski definition) is 3. The first-order valence-electron chi connectivity index (χ1n) is 8.66. The predicted octanol–water partition coefficient (Wildman–Crippen LogP) is 3.38. The molecule has 2 unspecified atom stereocenters. The topological polar surface area (TPSA) is 87.4 Å². The van der Waals surface area contributed by atoms with Crippen molar-refractivity contribution in [2.24, 2.45) is 5.41 Å². The number of nitrogens with one attached hydrogen (secondary N) is 2. The molecule has 4 rings (SSSR count). The molecule has 0 bridgehead atoms. The van der Waals surface area contributed by atoms with Gasteiger partial charge in [0.1, 0.15) is 5.52 Å². The van der Waals surface area contributed by atoms with Crippen molar-refractivity contribution in [3.05, 3.63) is 24.1 Å². The van der Waals surface area contributed by atoms with Gasteiger partial charge in [0.2, 0.25) is 0 Å². The van der Waals surface area contributed by atoms with Crippen molar-refractivity contribution in [3.63, 3.8) is 0 Å². The molecule has 2 aliphatic carbocycles. The second-order valence-electron chi connectivity index (χ2n) is 7.36. The van der Waals surface area contributed by atoms with Crippen LogP contribution in [0.4, 0.5) is 10.5 Å². The summed E-state index contributed by atoms with van der Waals surface area (Å²) in [5.41, 5.74) is 1.99. The van der Waals surface area contributed by atoms with Gasteiger partial charge in [-0.3, -0.25) is 0 Å². The number of benzene rings is 1. The fourth-order valence-corrected chi connectivity index (χ4v) is 3.52. The van der Waals surface area contributed by atoms with E-state index in [1.54, 1.807) is 0 Å². The highest BCUT2D eigenvalue weighted by molar-refractivity contribution is 5.91. The summed E-state index contributed by atoms with van der Waals surface area (Å²) in [6, 6.07) is 5.26. The minimum absolute atomic E-state index is 0.000231. The Hall–Kier alpha value is -2.08. The van der Waals surface area contributed by atoms with Gasteiger partial charge < -0.3 is 20.2 Å². The maximum atomic E-state index is 12.3. The molecule has 1 aromatic carbocycles. The molecule has 1 heterocycles. The number of aliphatic hydroxyl groups is 1. The Labute approximate surface area is 140 Å². The number of oxazole rings is 1. The molecule has 24 heavy (non-hydrogen) atoms. The smallest absolute Gasteiger partial charge is 0.319 e. The van der Waals surface area contributed by atoms with Gasteiger partial charge >= 0.3 is 6.03 Å². The molecule has 6 heteroatoms. The number of nitrogens with zero attached hydrogens (tertiary/aromatic N) is 1. The molecule has 2 aromatic rings. The van der Waals surface area contributed by atoms with Crippen LogP contribution in [-0.4, -0.2) is 28.8 Å². The Morgan fingerprint density at radius 1 is 1.42 bits per heavy atom. The van der Waals surface area contributed by atoms with E-state index in [9.17, 15) is 9.90 Å². The van der Waals surface area contributed by atoms with Gasteiger partial charge in [-0.15, -0.1) is 0 Å². The summed E-state index contributed by atoms with van der Waals surface area (Å²) in [5.74, 6) is 1.27. The van der Waals surface area contributed by atoms with Crippen LogP contribution in [0.1, 0.15) is 50.8 Å². The number of carbonyl (C=O) groups excluding carboxylic acids is 1. The zero-order chi connectivity index (χ0) is 16.7. The van der Waals surface area contributed by atoms with Crippen LogP contribution >= 0.6 is 0 Å². The molecule has 2 aliphatic rings. The number of amides is 2. The Morgan fingerprint density at radius 3 is 3.00 bits per heavy atom. The van der Waals surface area contributed by atoms with Crippen molar-refractivity contribution in [2.75, 3.05) is 11.9 Å². The van der Waals surface area contributed by atoms with Crippen LogP contribution in [0.25, 0.3) is 11.1 Å². The van der Waals surface area contributed by atoms with E-state index >= 15 is 0 Å². The van der Waals surface area contributed by atoms with Gasteiger partial charge in [-0.2, -0.15) is 0 Å². The maximum absolute atomic E-state index is 12.3. The molecular formula is C18H23N3O3. The first-order chi connectivity index (χ1) is 11.6. The van der Waals surface area contributed by atoms with Crippen LogP contribution in [0, 0.1) is 5.41 Å². The van der Waals surface area contributed by atoms with E-state index in [1.807, 2.05) is 25.1 Å². The fourth-order valence-electron chi connectivity index (χ4n) is 3.52. The van der Waals surface area contributed by atoms with Crippen LogP contribution in [0.15, 0.2) is 22.6 Å². The first-order valence-corrected chi connectivity index (χ1v) is 8.66. The second kappa shape index (κ2) is 5.77. The van der Waals surface area contributed by atoms with Gasteiger partial charge in [0.15, 0.2) is 11.5 Å². The average molecular weight is 329 g/mol. The molecule has 128 valence electrons. The van der Waals surface area contributed by atoms with Gasteiger partial charge in [0, 0.05) is 23.1 Å². The summed E-state index contributed by atoms with van der Waals surface area (Å²) in [6.07, 6.45) is 5.15. The Kier molecular flexibility index (Phi) is 3.72. The number of urea groups is 1. The van der Waals surface area contributed by atoms with Gasteiger partial charge in [-0.1, -0.05) is 13.3 Å². The molecule has 3 N–H and O–H groups in total. The largest absolute Gasteiger partial charge is 0.440 e. The lowest BCUT2D eigenvalue weighted by Gasteiger charge is -2.30. The van der Waals surface area contributed by atoms with E-state index < -0.39 is 0 Å². The highest BCUT2D eigenvalue weighted by atomic mass is 16.3. The number of rotatable bonds is 4. The Balaban J connectivity index is 1.44. The minimum atomic E-state index is -0.244. The van der Waals surface area contributed by atoms with Crippen LogP contribution in [0.5, 0.6) is 0 Å². The third kappa shape index (κ3) is 2.86. The van der Waals surface area contributed by atoms with Crippen LogP contribution < -0.4 is 10.6 Å². The minimum Gasteiger partial charge on any atom is -0.440 e. The molecule has 2 saturated carbocycles. The Morgan fingerprint density at radius 2 is 2.25 bits per heavy atom. The summed E-state index contributed by atoms with van der Waals surface area (Å²) in [6.45, 7) is 2.11. The maximum Gasteiger partial charge on any atom is 0.319 e. The molecule has 6 nitrogen and oxygen atoms in total. The van der Waals surface area contributed by atoms with Crippen LogP contribution in [-0.2, 0) is 0 Å². The molecular weight excluding hydrogens is 306 g/mol. The molecule has 2 fully saturated rings. The first kappa shape index (κ1) is 15.4. The van der Waals surface area contributed by atoms with Gasteiger partial charge in [-0.05, 0) is 43.9 Å². The molecule has 0 spiro atoms. The molecule has 2 atom stereocenters. The van der Waals surface area contributed by atoms with Crippen molar-refractivity contribution < 1.29 is 14.3 Å². The highest BCUT2D eigenvalue weighted by Gasteiger charge is 2.39. The Bertz CT molecular complexity index is 768. The van der Waals surface area contributed by atoms with Crippen molar-refractivity contribution in [1.29, 1.82) is 0 Å². The van der Waals surface area contributed by atoms with E-state index in [1.165, 1.54) is 0 Å². The van der Waals surface area contributed by atoms with E-state index in [0.717, 1.165) is 49.1 Å². The van der Waals surface area contributed by atoms with Gasteiger partial charge in [-0.25, -0.2) is 9.78 Å². The van der Waals surface area contributed by atoms with Crippen molar-refractivity contribution >= 4 is 22.8 Å². The van der Waals surface area contributed by atoms with E-state index in [0.29, 0.717) is 11.6 Å². The summed E-state index contributed by atoms with van der Waals surface area (Å²) in [4.78, 5) is 16.8. The number of anilines is 1. The lowest BCUT2D eigenvalue weighted by Crippen LogP contribution is -2.46. The third-order valence-electron chi connectivity index (χ3n) is 5.34. The molecule has 0 saturated heterocycles. The number of carbonyl (C=O) groups is 1. The van der Waals surface area contributed by atoms with E-state index in [2.05, 4.69) is 15.6 Å². The molecule has 1 aromatic heterocycles. The van der Waals surface area contributed by atoms with Crippen LogP contribution in [0.2, 0.25) is 0 Å². The standard InChI is InChI=1S/C18H23N3O3/c1-18(10-22)8-2-3-15(18)21-17(23)19-12-6-7-14-13(9-12)20-16(24-14)11-4-5-11/h6-7,9,11,15,22H,2-5,8,10H2,1H3,(H2,19,21,23). The van der Waals surface area contributed by atoms with Gasteiger partial charge in [0.05, 0.1) is 6.61 Å². The SMILES string of the molecule is CC1(CO)CCCC1NC(=O)Nc1ccc2oc(C3CC3)nc2c1. The predicted molar refractivity (Wildman–Crippen MR) is 91.0 cm³/mol. The summed E-state index contributed by atoms with van der Waals surface area (Å²) >= 11 is 0. The summed E-state index contributed by atoms with van der Waals surface area (Å²) in [7, 11) is 0. The summed E-state index contributed by atoms with van der Waals surface area (Å²) in [5, 5.41) is 15.4. The number of aromatic nitrogens is 1. The molecule has 0 radical (unpaired) electrons. The normalized spacial score (nSPS) is 26.7. The summed E-state index contributed by atoms with van der Waals surface area (Å²) < 4.78 is 5.73. The fraction of sp³-hybridized carbons (Fsp3) is 0.556. The lowest BCUT2D eigenvalue weighted by molar-refractivity contribution is 0.122. The van der Waals surface area contributed by atoms with Gasteiger partial charge in [0.25, 0.3) is 0 Å². The number of aliphatic hydroxyl groups excluding tert-OH is 1. The van der Waals surface area contributed by atoms with E-state index in [4.69, 9.17) is 4.42 Å². The van der Waals surface area contributed by atoms with Crippen molar-refractivity contribution in [3.8, 4) is 0 Å². The highest BCUT2D eigenvalue weighted by Crippen LogP contribution is 2.41. The quantitative estimate of drug-likeness (QED) is 0.802. The van der Waals surface area contributed by atoms with Crippen LogP contribution in [0.3, 0.4) is 0 Å². The van der Waals surface area contributed by atoms with Crippen molar-refractivity contribution in [1.82, 2.24) is 10.3 Å².